The fourth-order valence-corrected chi connectivity index (χ4v) is 3.94. The van der Waals surface area contributed by atoms with Crippen LogP contribution in [0.25, 0.3) is 11.0 Å². The molecule has 5 rings (SSSR count). The summed E-state index contributed by atoms with van der Waals surface area (Å²) in [7, 11) is 0. The van der Waals surface area contributed by atoms with E-state index in [1.54, 1.807) is 6.20 Å². The highest BCUT2D eigenvalue weighted by Gasteiger charge is 2.14. The van der Waals surface area contributed by atoms with Crippen molar-refractivity contribution in [2.75, 3.05) is 50.3 Å². The summed E-state index contributed by atoms with van der Waals surface area (Å²) < 4.78 is 22.8. The molecule has 11 nitrogen and oxygen atoms in total. The number of H-pyrrole nitrogens is 1. The molecule has 0 saturated carbocycles. The van der Waals surface area contributed by atoms with Crippen molar-refractivity contribution in [3.05, 3.63) is 54.2 Å². The lowest BCUT2D eigenvalue weighted by Crippen LogP contribution is -2.15. The first-order valence-electron chi connectivity index (χ1n) is 12.6. The minimum atomic E-state index is 0.166. The standard InChI is InChI=1S/C27H30N6O5/c1-2-20(34)15-18-5-3-4-6-22(18)30-25-21-17-28-33-26(21)32-27(31-25)29-19-7-8-23-24(16-19)38-14-12-36-10-9-35-11-13-37-23/h3-8,16-17H,2,9-15H2,1H3,(H3,28,29,30,31,32,33). The number of nitrogens with one attached hydrogen (secondary N) is 3. The predicted octanol–water partition coefficient (Wildman–Crippen LogP) is 4.17. The molecule has 0 bridgehead atoms. The largest absolute Gasteiger partial charge is 0.487 e. The summed E-state index contributed by atoms with van der Waals surface area (Å²) in [6.07, 6.45) is 2.50. The number of nitrogens with zero attached hydrogens (tertiary/aromatic N) is 3. The van der Waals surface area contributed by atoms with Crippen molar-refractivity contribution in [2.24, 2.45) is 0 Å². The molecular weight excluding hydrogens is 488 g/mol. The fourth-order valence-electron chi connectivity index (χ4n) is 3.94. The molecule has 2 aromatic carbocycles. The molecule has 0 fully saturated rings. The van der Waals surface area contributed by atoms with Crippen molar-refractivity contribution >= 4 is 40.0 Å². The molecule has 11 heteroatoms. The number of rotatable bonds is 7. The summed E-state index contributed by atoms with van der Waals surface area (Å²) in [5.41, 5.74) is 2.99. The number of hydrogen-bond donors (Lipinski definition) is 3. The van der Waals surface area contributed by atoms with Gasteiger partial charge in [0, 0.05) is 30.3 Å². The number of aromatic nitrogens is 4. The Balaban J connectivity index is 1.40. The van der Waals surface area contributed by atoms with Crippen LogP contribution in [0.5, 0.6) is 11.5 Å². The van der Waals surface area contributed by atoms with Gasteiger partial charge in [0.05, 0.1) is 38.0 Å². The zero-order chi connectivity index (χ0) is 26.2. The lowest BCUT2D eigenvalue weighted by molar-refractivity contribution is -0.118. The van der Waals surface area contributed by atoms with Crippen molar-refractivity contribution in [3.8, 4) is 11.5 Å². The molecule has 2 aromatic heterocycles. The van der Waals surface area contributed by atoms with Crippen molar-refractivity contribution in [1.29, 1.82) is 0 Å². The van der Waals surface area contributed by atoms with Crippen LogP contribution in [0.3, 0.4) is 0 Å². The van der Waals surface area contributed by atoms with Gasteiger partial charge in [0.2, 0.25) is 5.95 Å². The predicted molar refractivity (Wildman–Crippen MR) is 143 cm³/mol. The van der Waals surface area contributed by atoms with Crippen LogP contribution >= 0.6 is 0 Å². The van der Waals surface area contributed by atoms with Crippen LogP contribution in [0, 0.1) is 0 Å². The maximum Gasteiger partial charge on any atom is 0.231 e. The molecule has 4 aromatic rings. The van der Waals surface area contributed by atoms with Crippen LogP contribution in [0.2, 0.25) is 0 Å². The monoisotopic (exact) mass is 518 g/mol. The Labute approximate surface area is 219 Å². The Morgan fingerprint density at radius 2 is 1.68 bits per heavy atom. The van der Waals surface area contributed by atoms with Gasteiger partial charge >= 0.3 is 0 Å². The molecule has 0 unspecified atom stereocenters. The van der Waals surface area contributed by atoms with Gasteiger partial charge in [0.15, 0.2) is 17.1 Å². The van der Waals surface area contributed by atoms with E-state index < -0.39 is 0 Å². The first kappa shape index (κ1) is 25.4. The van der Waals surface area contributed by atoms with E-state index in [1.807, 2.05) is 49.4 Å². The summed E-state index contributed by atoms with van der Waals surface area (Å²) in [5, 5.41) is 14.4. The summed E-state index contributed by atoms with van der Waals surface area (Å²) in [6, 6.07) is 13.2. The zero-order valence-electron chi connectivity index (χ0n) is 21.2. The second-order valence-corrected chi connectivity index (χ2v) is 8.59. The fraction of sp³-hybridized carbons (Fsp3) is 0.333. The molecule has 1 aliphatic rings. The number of para-hydroxylation sites is 1. The number of ketones is 1. The van der Waals surface area contributed by atoms with Crippen LogP contribution in [0.1, 0.15) is 18.9 Å². The van der Waals surface area contributed by atoms with E-state index in [0.29, 0.717) is 81.4 Å². The third-order valence-electron chi connectivity index (χ3n) is 5.90. The normalized spacial score (nSPS) is 14.3. The molecule has 0 aliphatic carbocycles. The second-order valence-electron chi connectivity index (χ2n) is 8.59. The minimum Gasteiger partial charge on any atom is -0.487 e. The number of fused-ring (bicyclic) bond motifs is 2. The molecule has 0 spiro atoms. The number of benzene rings is 2. The van der Waals surface area contributed by atoms with Crippen molar-refractivity contribution < 1.29 is 23.7 Å². The SMILES string of the molecule is CCC(=O)Cc1ccccc1Nc1nc(Nc2ccc3c(c2)OCCOCCOCCO3)nc2[nH]ncc12. The third kappa shape index (κ3) is 6.36. The highest BCUT2D eigenvalue weighted by molar-refractivity contribution is 5.90. The van der Waals surface area contributed by atoms with Gasteiger partial charge in [-0.2, -0.15) is 15.1 Å². The van der Waals surface area contributed by atoms with Gasteiger partial charge in [0.1, 0.15) is 24.8 Å². The summed E-state index contributed by atoms with van der Waals surface area (Å²) in [6.45, 7) is 4.60. The highest BCUT2D eigenvalue weighted by atomic mass is 16.6. The number of ether oxygens (including phenoxy) is 4. The summed E-state index contributed by atoms with van der Waals surface area (Å²) in [5.74, 6) is 2.28. The quantitative estimate of drug-likeness (QED) is 0.327. The minimum absolute atomic E-state index is 0.166. The number of aromatic amines is 1. The molecule has 0 atom stereocenters. The number of Topliss-reactive ketones (excluding diaryl/α,β-unsaturated/α-hetero) is 1. The van der Waals surface area contributed by atoms with Crippen LogP contribution in [-0.4, -0.2) is 65.6 Å². The molecule has 0 amide bonds. The van der Waals surface area contributed by atoms with E-state index in [0.717, 1.165) is 22.3 Å². The smallest absolute Gasteiger partial charge is 0.231 e. The molecule has 198 valence electrons. The van der Waals surface area contributed by atoms with Gasteiger partial charge in [-0.05, 0) is 23.8 Å². The number of carbonyl (C=O) groups is 1. The van der Waals surface area contributed by atoms with Crippen molar-refractivity contribution in [2.45, 2.75) is 19.8 Å². The number of carbonyl (C=O) groups excluding carboxylic acids is 1. The zero-order valence-corrected chi connectivity index (χ0v) is 21.2. The Morgan fingerprint density at radius 1 is 0.921 bits per heavy atom. The second kappa shape index (κ2) is 12.3. The van der Waals surface area contributed by atoms with E-state index in [1.165, 1.54) is 0 Å². The highest BCUT2D eigenvalue weighted by Crippen LogP contribution is 2.33. The molecule has 1 aliphatic heterocycles. The van der Waals surface area contributed by atoms with Gasteiger partial charge in [-0.15, -0.1) is 0 Å². The molecule has 3 N–H and O–H groups in total. The van der Waals surface area contributed by atoms with Gasteiger partial charge < -0.3 is 29.6 Å². The Morgan fingerprint density at radius 3 is 2.50 bits per heavy atom. The average molecular weight is 519 g/mol. The van der Waals surface area contributed by atoms with E-state index in [9.17, 15) is 4.79 Å². The average Bonchev–Trinajstić information content (AvgIpc) is 3.39. The van der Waals surface area contributed by atoms with Gasteiger partial charge in [-0.3, -0.25) is 9.89 Å². The molecule has 0 saturated heterocycles. The van der Waals surface area contributed by atoms with E-state index in [2.05, 4.69) is 25.8 Å². The molecular formula is C27H30N6O5. The lowest BCUT2D eigenvalue weighted by atomic mass is 10.1. The third-order valence-corrected chi connectivity index (χ3v) is 5.90. The molecule has 38 heavy (non-hydrogen) atoms. The van der Waals surface area contributed by atoms with Gasteiger partial charge in [0.25, 0.3) is 0 Å². The first-order valence-corrected chi connectivity index (χ1v) is 12.6. The van der Waals surface area contributed by atoms with Gasteiger partial charge in [-0.1, -0.05) is 25.1 Å². The van der Waals surface area contributed by atoms with E-state index in [4.69, 9.17) is 23.9 Å². The lowest BCUT2D eigenvalue weighted by Gasteiger charge is -2.16. The Hall–Kier alpha value is -4.22. The molecule has 3 heterocycles. The first-order chi connectivity index (χ1) is 18.7. The van der Waals surface area contributed by atoms with E-state index in [-0.39, 0.29) is 5.78 Å². The van der Waals surface area contributed by atoms with Crippen LogP contribution in [0.4, 0.5) is 23.1 Å². The van der Waals surface area contributed by atoms with Crippen LogP contribution < -0.4 is 20.1 Å². The number of hydrogen-bond acceptors (Lipinski definition) is 10. The van der Waals surface area contributed by atoms with Crippen LogP contribution in [-0.2, 0) is 20.7 Å². The Kier molecular flexibility index (Phi) is 8.26. The summed E-state index contributed by atoms with van der Waals surface area (Å²) >= 11 is 0. The van der Waals surface area contributed by atoms with Gasteiger partial charge in [-0.25, -0.2) is 0 Å². The van der Waals surface area contributed by atoms with Crippen molar-refractivity contribution in [1.82, 2.24) is 20.2 Å². The van der Waals surface area contributed by atoms with Crippen LogP contribution in [0.15, 0.2) is 48.7 Å². The topological polar surface area (TPSA) is 133 Å². The maximum atomic E-state index is 12.1. The maximum absolute atomic E-state index is 12.1. The number of anilines is 4. The summed E-state index contributed by atoms with van der Waals surface area (Å²) in [4.78, 5) is 21.4. The molecule has 0 radical (unpaired) electrons. The Bertz CT molecular complexity index is 1390. The van der Waals surface area contributed by atoms with E-state index >= 15 is 0 Å². The van der Waals surface area contributed by atoms with Crippen molar-refractivity contribution in [3.63, 3.8) is 0 Å².